The molecule has 0 aromatic heterocycles. The predicted octanol–water partition coefficient (Wildman–Crippen LogP) is 4.28. The number of ether oxygens (including phenoxy) is 2. The van der Waals surface area contributed by atoms with E-state index in [1.54, 1.807) is 25.1 Å². The number of hydrogen-bond acceptors (Lipinski definition) is 6. The van der Waals surface area contributed by atoms with E-state index in [-0.39, 0.29) is 16.9 Å². The molecule has 158 valence electrons. The van der Waals surface area contributed by atoms with Gasteiger partial charge in [-0.15, -0.1) is 0 Å². The third-order valence-electron chi connectivity index (χ3n) is 4.38. The van der Waals surface area contributed by atoms with Crippen molar-refractivity contribution in [1.29, 1.82) is 0 Å². The molecule has 3 aromatic carbocycles. The van der Waals surface area contributed by atoms with E-state index in [0.29, 0.717) is 17.9 Å². The number of nitrogens with zero attached hydrogens (tertiary/aromatic N) is 1. The fourth-order valence-corrected chi connectivity index (χ4v) is 2.79. The summed E-state index contributed by atoms with van der Waals surface area (Å²) in [4.78, 5) is 34.8. The zero-order chi connectivity index (χ0) is 22.2. The lowest BCUT2D eigenvalue weighted by Crippen LogP contribution is -2.22. The highest BCUT2D eigenvalue weighted by molar-refractivity contribution is 5.97. The van der Waals surface area contributed by atoms with Gasteiger partial charge in [0.2, 0.25) is 0 Å². The molecule has 0 saturated heterocycles. The Labute approximate surface area is 178 Å². The summed E-state index contributed by atoms with van der Waals surface area (Å²) in [6.45, 7) is 1.46. The summed E-state index contributed by atoms with van der Waals surface area (Å²) in [5.41, 5.74) is 1.65. The first kappa shape index (κ1) is 21.5. The van der Waals surface area contributed by atoms with E-state index in [4.69, 9.17) is 9.47 Å². The minimum absolute atomic E-state index is 0.0773. The lowest BCUT2D eigenvalue weighted by Gasteiger charge is -2.10. The van der Waals surface area contributed by atoms with Crippen LogP contribution in [0.4, 0.5) is 11.4 Å². The summed E-state index contributed by atoms with van der Waals surface area (Å²) in [6.07, 6.45) is 0. The molecule has 3 rings (SSSR count). The second kappa shape index (κ2) is 10.0. The first-order valence-corrected chi connectivity index (χ1v) is 9.42. The van der Waals surface area contributed by atoms with E-state index in [2.05, 4.69) is 5.32 Å². The molecule has 1 amide bonds. The van der Waals surface area contributed by atoms with Crippen molar-refractivity contribution < 1.29 is 24.0 Å². The number of anilines is 1. The molecule has 0 radical (unpaired) electrons. The average Bonchev–Trinajstić information content (AvgIpc) is 2.78. The van der Waals surface area contributed by atoms with Gasteiger partial charge in [0.05, 0.1) is 10.5 Å². The van der Waals surface area contributed by atoms with Crippen LogP contribution in [0.2, 0.25) is 0 Å². The summed E-state index contributed by atoms with van der Waals surface area (Å²) in [5.74, 6) is -0.775. The van der Waals surface area contributed by atoms with Crippen molar-refractivity contribution in [2.45, 2.75) is 13.5 Å². The van der Waals surface area contributed by atoms with Crippen LogP contribution in [-0.4, -0.2) is 23.4 Å². The number of para-hydroxylation sites is 1. The standard InChI is InChI=1S/C23H20N2O6/c1-16-6-5-9-20(25(28)29)22(16)24-21(26)15-31-23(27)18-10-12-19(13-11-18)30-14-17-7-3-2-4-8-17/h2-13H,14-15H2,1H3,(H,24,26). The molecule has 3 aromatic rings. The highest BCUT2D eigenvalue weighted by Crippen LogP contribution is 2.27. The Kier molecular flexibility index (Phi) is 6.95. The number of carbonyl (C=O) groups is 2. The van der Waals surface area contributed by atoms with E-state index in [0.717, 1.165) is 5.56 Å². The highest BCUT2D eigenvalue weighted by atomic mass is 16.6. The van der Waals surface area contributed by atoms with Crippen LogP contribution < -0.4 is 10.1 Å². The van der Waals surface area contributed by atoms with Crippen molar-refractivity contribution in [2.75, 3.05) is 11.9 Å². The van der Waals surface area contributed by atoms with Crippen molar-refractivity contribution >= 4 is 23.3 Å². The molecule has 8 heteroatoms. The largest absolute Gasteiger partial charge is 0.489 e. The van der Waals surface area contributed by atoms with Crippen LogP contribution in [0.5, 0.6) is 5.75 Å². The fraction of sp³-hybridized carbons (Fsp3) is 0.130. The summed E-state index contributed by atoms with van der Waals surface area (Å²) in [6, 6.07) is 20.4. The van der Waals surface area contributed by atoms with Gasteiger partial charge in [-0.3, -0.25) is 14.9 Å². The topological polar surface area (TPSA) is 108 Å². The molecule has 1 N–H and O–H groups in total. The molecule has 0 spiro atoms. The van der Waals surface area contributed by atoms with Gasteiger partial charge in [-0.2, -0.15) is 0 Å². The quantitative estimate of drug-likeness (QED) is 0.331. The Morgan fingerprint density at radius 3 is 2.35 bits per heavy atom. The smallest absolute Gasteiger partial charge is 0.338 e. The highest BCUT2D eigenvalue weighted by Gasteiger charge is 2.18. The SMILES string of the molecule is Cc1cccc([N+](=O)[O-])c1NC(=O)COC(=O)c1ccc(OCc2ccccc2)cc1. The number of benzene rings is 3. The van der Waals surface area contributed by atoms with E-state index < -0.39 is 23.4 Å². The minimum atomic E-state index is -0.691. The molecule has 0 aliphatic heterocycles. The summed E-state index contributed by atoms with van der Waals surface area (Å²) in [5, 5.41) is 13.6. The summed E-state index contributed by atoms with van der Waals surface area (Å²) >= 11 is 0. The summed E-state index contributed by atoms with van der Waals surface area (Å²) < 4.78 is 10.7. The molecule has 0 fully saturated rings. The number of carbonyl (C=O) groups excluding carboxylic acids is 2. The molecule has 0 bridgehead atoms. The normalized spacial score (nSPS) is 10.2. The molecule has 0 aliphatic rings. The van der Waals surface area contributed by atoms with Crippen molar-refractivity contribution in [1.82, 2.24) is 0 Å². The number of rotatable bonds is 8. The maximum Gasteiger partial charge on any atom is 0.338 e. The van der Waals surface area contributed by atoms with Crippen LogP contribution >= 0.6 is 0 Å². The fourth-order valence-electron chi connectivity index (χ4n) is 2.79. The monoisotopic (exact) mass is 420 g/mol. The lowest BCUT2D eigenvalue weighted by atomic mass is 10.1. The molecular weight excluding hydrogens is 400 g/mol. The molecule has 8 nitrogen and oxygen atoms in total. The van der Waals surface area contributed by atoms with Gasteiger partial charge in [0.25, 0.3) is 11.6 Å². The van der Waals surface area contributed by atoms with E-state index in [9.17, 15) is 19.7 Å². The number of amides is 1. The molecule has 0 heterocycles. The zero-order valence-electron chi connectivity index (χ0n) is 16.7. The number of esters is 1. The number of hydrogen-bond donors (Lipinski definition) is 1. The van der Waals surface area contributed by atoms with Crippen molar-refractivity contribution in [3.8, 4) is 5.75 Å². The number of aryl methyl sites for hydroxylation is 1. The van der Waals surface area contributed by atoms with Gasteiger partial charge in [-0.05, 0) is 42.3 Å². The van der Waals surface area contributed by atoms with Gasteiger partial charge in [-0.25, -0.2) is 4.79 Å². The van der Waals surface area contributed by atoms with Gasteiger partial charge in [0, 0.05) is 6.07 Å². The van der Waals surface area contributed by atoms with Gasteiger partial charge in [0.1, 0.15) is 18.0 Å². The van der Waals surface area contributed by atoms with E-state index in [1.807, 2.05) is 30.3 Å². The lowest BCUT2D eigenvalue weighted by molar-refractivity contribution is -0.384. The zero-order valence-corrected chi connectivity index (χ0v) is 16.7. The van der Waals surface area contributed by atoms with Crippen LogP contribution in [0.1, 0.15) is 21.5 Å². The van der Waals surface area contributed by atoms with Gasteiger partial charge in [-0.1, -0.05) is 42.5 Å². The third-order valence-corrected chi connectivity index (χ3v) is 4.38. The Hall–Kier alpha value is -4.20. The van der Waals surface area contributed by atoms with Crippen LogP contribution in [0.3, 0.4) is 0 Å². The van der Waals surface area contributed by atoms with Crippen LogP contribution in [-0.2, 0) is 16.1 Å². The Morgan fingerprint density at radius 1 is 0.968 bits per heavy atom. The molecule has 0 aliphatic carbocycles. The van der Waals surface area contributed by atoms with Crippen molar-refractivity contribution in [2.24, 2.45) is 0 Å². The first-order chi connectivity index (χ1) is 14.9. The van der Waals surface area contributed by atoms with Gasteiger partial charge < -0.3 is 14.8 Å². The third kappa shape index (κ3) is 5.89. The number of nitro groups is 1. The van der Waals surface area contributed by atoms with Crippen LogP contribution in [0.25, 0.3) is 0 Å². The molecule has 0 atom stereocenters. The average molecular weight is 420 g/mol. The molecular formula is C23H20N2O6. The second-order valence-electron chi connectivity index (χ2n) is 6.65. The minimum Gasteiger partial charge on any atom is -0.489 e. The molecule has 0 saturated carbocycles. The van der Waals surface area contributed by atoms with Gasteiger partial charge in [0.15, 0.2) is 6.61 Å². The molecule has 0 unspecified atom stereocenters. The predicted molar refractivity (Wildman–Crippen MR) is 114 cm³/mol. The maximum atomic E-state index is 12.2. The van der Waals surface area contributed by atoms with E-state index in [1.165, 1.54) is 24.3 Å². The van der Waals surface area contributed by atoms with Gasteiger partial charge >= 0.3 is 5.97 Å². The van der Waals surface area contributed by atoms with E-state index >= 15 is 0 Å². The van der Waals surface area contributed by atoms with Crippen LogP contribution in [0, 0.1) is 17.0 Å². The van der Waals surface area contributed by atoms with Crippen LogP contribution in [0.15, 0.2) is 72.8 Å². The van der Waals surface area contributed by atoms with Crippen molar-refractivity contribution in [3.63, 3.8) is 0 Å². The number of nitro benzene ring substituents is 1. The second-order valence-corrected chi connectivity index (χ2v) is 6.65. The maximum absolute atomic E-state index is 12.2. The summed E-state index contributed by atoms with van der Waals surface area (Å²) in [7, 11) is 0. The first-order valence-electron chi connectivity index (χ1n) is 9.42. The Morgan fingerprint density at radius 2 is 1.68 bits per heavy atom. The number of nitrogens with one attached hydrogen (secondary N) is 1. The Balaban J connectivity index is 1.52. The Bertz CT molecular complexity index is 1080. The molecule has 31 heavy (non-hydrogen) atoms. The van der Waals surface area contributed by atoms with Crippen molar-refractivity contribution in [3.05, 3.63) is 99.6 Å².